The molecule has 1 aliphatic heterocycles. The molecule has 25 heavy (non-hydrogen) atoms. The summed E-state index contributed by atoms with van der Waals surface area (Å²) >= 11 is 6.09. The van der Waals surface area contributed by atoms with E-state index in [1.165, 1.54) is 6.08 Å². The van der Waals surface area contributed by atoms with Gasteiger partial charge < -0.3 is 18.6 Å². The van der Waals surface area contributed by atoms with Gasteiger partial charge in [0.25, 0.3) is 0 Å². The number of carbonyl (C=O) groups is 1. The van der Waals surface area contributed by atoms with E-state index in [1.807, 2.05) is 18.2 Å². The predicted octanol–water partition coefficient (Wildman–Crippen LogP) is 3.97. The predicted molar refractivity (Wildman–Crippen MR) is 90.4 cm³/mol. The number of fused-ring (bicyclic) bond motifs is 2. The van der Waals surface area contributed by atoms with E-state index >= 15 is 0 Å². The minimum Gasteiger partial charge on any atom is -0.454 e. The van der Waals surface area contributed by atoms with Crippen LogP contribution in [0.15, 0.2) is 46.9 Å². The van der Waals surface area contributed by atoms with Crippen LogP contribution in [0.3, 0.4) is 0 Å². The van der Waals surface area contributed by atoms with Crippen LogP contribution < -0.4 is 9.47 Å². The van der Waals surface area contributed by atoms with E-state index in [1.54, 1.807) is 24.3 Å². The zero-order valence-corrected chi connectivity index (χ0v) is 13.7. The van der Waals surface area contributed by atoms with Gasteiger partial charge in [0.2, 0.25) is 12.7 Å². The highest BCUT2D eigenvalue weighted by Gasteiger charge is 2.17. The number of benzene rings is 2. The van der Waals surface area contributed by atoms with Crippen LogP contribution in [0.25, 0.3) is 17.2 Å². The van der Waals surface area contributed by atoms with Crippen LogP contribution in [0.2, 0.25) is 5.02 Å². The first-order valence-corrected chi connectivity index (χ1v) is 7.85. The largest absolute Gasteiger partial charge is 0.454 e. The average Bonchev–Trinajstić information content (AvgIpc) is 3.24. The molecule has 3 aromatic rings. The van der Waals surface area contributed by atoms with E-state index < -0.39 is 5.97 Å². The number of ether oxygens (including phenoxy) is 3. The summed E-state index contributed by atoms with van der Waals surface area (Å²) in [5.74, 6) is 0.884. The van der Waals surface area contributed by atoms with Crippen LogP contribution in [0.5, 0.6) is 11.5 Å². The fourth-order valence-corrected chi connectivity index (χ4v) is 2.68. The third-order valence-corrected chi connectivity index (χ3v) is 3.82. The van der Waals surface area contributed by atoms with E-state index in [0.717, 1.165) is 5.52 Å². The van der Waals surface area contributed by atoms with Crippen molar-refractivity contribution in [3.8, 4) is 11.5 Å². The monoisotopic (exact) mass is 357 g/mol. The highest BCUT2D eigenvalue weighted by Crippen LogP contribution is 2.40. The van der Waals surface area contributed by atoms with Crippen molar-refractivity contribution in [3.63, 3.8) is 0 Å². The lowest BCUT2D eigenvalue weighted by Crippen LogP contribution is -2.00. The molecule has 1 aliphatic rings. The van der Waals surface area contributed by atoms with Crippen molar-refractivity contribution < 1.29 is 23.4 Å². The molecular formula is C18H12ClNO5. The average molecular weight is 358 g/mol. The molecule has 4 rings (SSSR count). The molecule has 0 saturated carbocycles. The Kier molecular flexibility index (Phi) is 4.03. The van der Waals surface area contributed by atoms with Crippen LogP contribution in [0, 0.1) is 0 Å². The number of carbonyl (C=O) groups excluding carboxylic acids is 1. The first-order valence-electron chi connectivity index (χ1n) is 7.47. The number of oxazole rings is 1. The van der Waals surface area contributed by atoms with Crippen LogP contribution in [0.4, 0.5) is 0 Å². The quantitative estimate of drug-likeness (QED) is 0.520. The summed E-state index contributed by atoms with van der Waals surface area (Å²) < 4.78 is 21.1. The maximum Gasteiger partial charge on any atom is 0.331 e. The van der Waals surface area contributed by atoms with E-state index in [0.29, 0.717) is 33.6 Å². The van der Waals surface area contributed by atoms with Gasteiger partial charge >= 0.3 is 5.97 Å². The second kappa shape index (κ2) is 6.49. The summed E-state index contributed by atoms with van der Waals surface area (Å²) in [6.07, 6.45) is 2.89. The van der Waals surface area contributed by atoms with Gasteiger partial charge in [-0.15, -0.1) is 0 Å². The maximum absolute atomic E-state index is 11.9. The van der Waals surface area contributed by atoms with Crippen LogP contribution in [0.1, 0.15) is 11.5 Å². The fraction of sp³-hybridized carbons (Fsp3) is 0.111. The molecule has 0 saturated heterocycles. The summed E-state index contributed by atoms with van der Waals surface area (Å²) in [7, 11) is 0. The molecule has 0 fully saturated rings. The first-order chi connectivity index (χ1) is 12.2. The van der Waals surface area contributed by atoms with Crippen molar-refractivity contribution in [2.45, 2.75) is 6.61 Å². The first kappa shape index (κ1) is 15.5. The Morgan fingerprint density at radius 2 is 2.16 bits per heavy atom. The maximum atomic E-state index is 11.9. The van der Waals surface area contributed by atoms with Gasteiger partial charge in [0, 0.05) is 6.08 Å². The smallest absolute Gasteiger partial charge is 0.331 e. The Labute approximate surface area is 147 Å². The van der Waals surface area contributed by atoms with Crippen molar-refractivity contribution in [2.24, 2.45) is 0 Å². The number of nitrogens with zero attached hydrogens (tertiary/aromatic N) is 1. The summed E-state index contributed by atoms with van der Waals surface area (Å²) in [6, 6.07) is 10.8. The molecular weight excluding hydrogens is 346 g/mol. The van der Waals surface area contributed by atoms with Crippen LogP contribution >= 0.6 is 11.6 Å². The van der Waals surface area contributed by atoms with Crippen LogP contribution in [-0.2, 0) is 16.1 Å². The highest BCUT2D eigenvalue weighted by atomic mass is 35.5. The van der Waals surface area contributed by atoms with Gasteiger partial charge in [-0.2, -0.15) is 0 Å². The highest BCUT2D eigenvalue weighted by molar-refractivity contribution is 6.32. The molecule has 0 aliphatic carbocycles. The van der Waals surface area contributed by atoms with Gasteiger partial charge in [0.15, 0.2) is 23.7 Å². The number of esters is 1. The summed E-state index contributed by atoms with van der Waals surface area (Å²) in [4.78, 5) is 16.1. The molecule has 1 aromatic heterocycles. The van der Waals surface area contributed by atoms with E-state index in [-0.39, 0.29) is 13.4 Å². The number of hydrogen-bond acceptors (Lipinski definition) is 6. The molecule has 126 valence electrons. The van der Waals surface area contributed by atoms with E-state index in [4.69, 9.17) is 30.2 Å². The number of hydrogen-bond donors (Lipinski definition) is 0. The third-order valence-electron chi connectivity index (χ3n) is 3.54. The molecule has 2 aromatic carbocycles. The van der Waals surface area contributed by atoms with E-state index in [2.05, 4.69) is 4.98 Å². The summed E-state index contributed by atoms with van der Waals surface area (Å²) in [6.45, 7) is 0.0918. The summed E-state index contributed by atoms with van der Waals surface area (Å²) in [5, 5.41) is 0.425. The Morgan fingerprint density at radius 1 is 1.28 bits per heavy atom. The molecule has 0 spiro atoms. The second-order valence-corrected chi connectivity index (χ2v) is 5.66. The number of aromatic nitrogens is 1. The molecule has 0 atom stereocenters. The molecule has 0 amide bonds. The number of para-hydroxylation sites is 2. The SMILES string of the molecule is O=C(/C=C/c1cc(Cl)c2c(c1)OCO2)OCc1nc2ccccc2o1. The van der Waals surface area contributed by atoms with Crippen molar-refractivity contribution in [2.75, 3.05) is 6.79 Å². The van der Waals surface area contributed by atoms with Gasteiger partial charge in [-0.3, -0.25) is 0 Å². The molecule has 0 N–H and O–H groups in total. The minimum atomic E-state index is -0.518. The minimum absolute atomic E-state index is 0.0419. The van der Waals surface area contributed by atoms with Gasteiger partial charge in [0.1, 0.15) is 5.52 Å². The second-order valence-electron chi connectivity index (χ2n) is 5.25. The van der Waals surface area contributed by atoms with Gasteiger partial charge in [-0.05, 0) is 35.9 Å². The van der Waals surface area contributed by atoms with Gasteiger partial charge in [-0.25, -0.2) is 9.78 Å². The molecule has 0 radical (unpaired) electrons. The van der Waals surface area contributed by atoms with Crippen molar-refractivity contribution in [3.05, 3.63) is 59.0 Å². The molecule has 7 heteroatoms. The Balaban J connectivity index is 1.40. The normalized spacial score (nSPS) is 12.8. The number of halogens is 1. The molecule has 0 unspecified atom stereocenters. The lowest BCUT2D eigenvalue weighted by Gasteiger charge is -2.01. The third kappa shape index (κ3) is 3.29. The lowest BCUT2D eigenvalue weighted by atomic mass is 10.2. The van der Waals surface area contributed by atoms with Gasteiger partial charge in [0.05, 0.1) is 5.02 Å². The van der Waals surface area contributed by atoms with Crippen molar-refractivity contribution in [1.29, 1.82) is 0 Å². The van der Waals surface area contributed by atoms with Crippen molar-refractivity contribution in [1.82, 2.24) is 4.98 Å². The van der Waals surface area contributed by atoms with E-state index in [9.17, 15) is 4.79 Å². The zero-order valence-electron chi connectivity index (χ0n) is 12.9. The number of rotatable bonds is 4. The lowest BCUT2D eigenvalue weighted by molar-refractivity contribution is -0.139. The fourth-order valence-electron chi connectivity index (χ4n) is 2.41. The molecule has 6 nitrogen and oxygen atoms in total. The topological polar surface area (TPSA) is 70.8 Å². The molecule has 2 heterocycles. The Bertz CT molecular complexity index is 946. The molecule has 0 bridgehead atoms. The standard InChI is InChI=1S/C18H12ClNO5/c19-12-7-11(8-15-18(12)24-10-23-15)5-6-17(21)22-9-16-20-13-3-1-2-4-14(13)25-16/h1-8H,9-10H2/b6-5+. The Morgan fingerprint density at radius 3 is 3.04 bits per heavy atom. The Hall–Kier alpha value is -2.99. The zero-order chi connectivity index (χ0) is 17.2. The van der Waals surface area contributed by atoms with Crippen molar-refractivity contribution >= 4 is 34.7 Å². The van der Waals surface area contributed by atoms with Crippen LogP contribution in [-0.4, -0.2) is 17.7 Å². The summed E-state index contributed by atoms with van der Waals surface area (Å²) in [5.41, 5.74) is 2.08. The van der Waals surface area contributed by atoms with Gasteiger partial charge in [-0.1, -0.05) is 23.7 Å².